The van der Waals surface area contributed by atoms with Gasteiger partial charge < -0.3 is 20.1 Å². The van der Waals surface area contributed by atoms with Gasteiger partial charge in [0.2, 0.25) is 5.88 Å². The predicted molar refractivity (Wildman–Crippen MR) is 68.8 cm³/mol. The Labute approximate surface area is 123 Å². The average molecular weight is 321 g/mol. The number of carboxylic acids is 1. The van der Waals surface area contributed by atoms with Crippen molar-refractivity contribution in [2.24, 2.45) is 0 Å². The number of nitrogens with one attached hydrogen (secondary N) is 1. The molecule has 0 atom stereocenters. The Hall–Kier alpha value is -2.36. The number of rotatable bonds is 5. The number of aromatic carboxylic acids is 1. The fourth-order valence-electron chi connectivity index (χ4n) is 1.37. The molecular weight excluding hydrogens is 307 g/mol. The lowest BCUT2D eigenvalue weighted by atomic mass is 10.2. The number of carbonyl (C=O) groups is 2. The second-order valence-corrected chi connectivity index (χ2v) is 4.25. The predicted octanol–water partition coefficient (Wildman–Crippen LogP) is 1.45. The van der Waals surface area contributed by atoms with Crippen molar-refractivity contribution in [1.29, 1.82) is 0 Å². The molecule has 0 bridgehead atoms. The number of likely N-dealkylation sites (N-methyl/N-ethyl adjacent to an activating group) is 2. The highest BCUT2D eigenvalue weighted by atomic mass is 19.4. The van der Waals surface area contributed by atoms with E-state index in [9.17, 15) is 22.8 Å². The van der Waals surface area contributed by atoms with Gasteiger partial charge in [-0.05, 0) is 19.2 Å². The fourth-order valence-corrected chi connectivity index (χ4v) is 1.37. The Balaban J connectivity index is 3.05. The molecule has 1 amide bonds. The van der Waals surface area contributed by atoms with Gasteiger partial charge in [-0.15, -0.1) is 0 Å². The smallest absolute Gasteiger partial charge is 0.433 e. The van der Waals surface area contributed by atoms with E-state index in [2.05, 4.69) is 15.0 Å². The fraction of sp³-hybridized carbons (Fsp3) is 0.417. The van der Waals surface area contributed by atoms with Crippen molar-refractivity contribution in [2.75, 3.05) is 27.2 Å². The molecule has 1 heterocycles. The van der Waals surface area contributed by atoms with Crippen molar-refractivity contribution in [1.82, 2.24) is 15.2 Å². The Kier molecular flexibility index (Phi) is 5.69. The molecule has 0 spiro atoms. The number of ether oxygens (including phenoxy) is 1. The van der Waals surface area contributed by atoms with Crippen LogP contribution in [0.1, 0.15) is 16.1 Å². The Morgan fingerprint density at radius 2 is 2.05 bits per heavy atom. The summed E-state index contributed by atoms with van der Waals surface area (Å²) in [6.45, 7) is 0.643. The quantitative estimate of drug-likeness (QED) is 0.853. The summed E-state index contributed by atoms with van der Waals surface area (Å²) in [5.41, 5.74) is -1.98. The molecule has 0 saturated heterocycles. The number of pyridine rings is 1. The normalized spacial score (nSPS) is 11.1. The van der Waals surface area contributed by atoms with Crippen molar-refractivity contribution in [3.8, 4) is 5.88 Å². The van der Waals surface area contributed by atoms with E-state index in [0.29, 0.717) is 18.7 Å². The molecule has 1 rings (SSSR count). The molecule has 10 heteroatoms. The summed E-state index contributed by atoms with van der Waals surface area (Å²) in [6, 6.07) is 1.19. The van der Waals surface area contributed by atoms with Gasteiger partial charge in [-0.1, -0.05) is 0 Å². The summed E-state index contributed by atoms with van der Waals surface area (Å²) in [5, 5.41) is 11.7. The van der Waals surface area contributed by atoms with Gasteiger partial charge >= 0.3 is 18.2 Å². The van der Waals surface area contributed by atoms with Crippen molar-refractivity contribution in [2.45, 2.75) is 6.18 Å². The van der Waals surface area contributed by atoms with Crippen LogP contribution in [0.15, 0.2) is 12.1 Å². The number of hydrogen-bond acceptors (Lipinski definition) is 5. The zero-order valence-corrected chi connectivity index (χ0v) is 11.8. The van der Waals surface area contributed by atoms with Crippen LogP contribution < -0.4 is 10.1 Å². The van der Waals surface area contributed by atoms with Gasteiger partial charge in [0.05, 0.1) is 0 Å². The number of carbonyl (C=O) groups excluding carboxylic acids is 1. The zero-order chi connectivity index (χ0) is 16.9. The van der Waals surface area contributed by atoms with Gasteiger partial charge in [-0.25, -0.2) is 14.6 Å². The van der Waals surface area contributed by atoms with Crippen LogP contribution in [0, 0.1) is 0 Å². The molecule has 0 aliphatic carbocycles. The number of alkyl halides is 3. The minimum Gasteiger partial charge on any atom is -0.477 e. The van der Waals surface area contributed by atoms with Crippen LogP contribution in [0.3, 0.4) is 0 Å². The summed E-state index contributed by atoms with van der Waals surface area (Å²) >= 11 is 0. The van der Waals surface area contributed by atoms with Crippen LogP contribution >= 0.6 is 0 Å². The van der Waals surface area contributed by atoms with Gasteiger partial charge in [0, 0.05) is 20.1 Å². The Morgan fingerprint density at radius 1 is 1.41 bits per heavy atom. The molecule has 7 nitrogen and oxygen atoms in total. The van der Waals surface area contributed by atoms with Gasteiger partial charge in [-0.2, -0.15) is 13.2 Å². The molecule has 2 N–H and O–H groups in total. The van der Waals surface area contributed by atoms with Crippen LogP contribution in [0.2, 0.25) is 0 Å². The van der Waals surface area contributed by atoms with Crippen LogP contribution in [-0.2, 0) is 6.18 Å². The first-order valence-electron chi connectivity index (χ1n) is 6.06. The van der Waals surface area contributed by atoms with Gasteiger partial charge in [0.15, 0.2) is 0 Å². The highest BCUT2D eigenvalue weighted by Crippen LogP contribution is 2.30. The highest BCUT2D eigenvalue weighted by molar-refractivity contribution is 5.91. The molecule has 0 aliphatic rings. The second-order valence-electron chi connectivity index (χ2n) is 4.25. The van der Waals surface area contributed by atoms with Gasteiger partial charge in [0.1, 0.15) is 11.3 Å². The van der Waals surface area contributed by atoms with E-state index in [0.717, 1.165) is 4.90 Å². The van der Waals surface area contributed by atoms with Crippen molar-refractivity contribution >= 4 is 12.1 Å². The van der Waals surface area contributed by atoms with E-state index in [4.69, 9.17) is 5.11 Å². The molecule has 122 valence electrons. The number of carboxylic acid groups (broad SMARTS) is 1. The second kappa shape index (κ2) is 7.07. The minimum absolute atomic E-state index is 0.219. The molecule has 0 aromatic carbocycles. The number of hydrogen-bond donors (Lipinski definition) is 2. The van der Waals surface area contributed by atoms with Crippen LogP contribution in [0.5, 0.6) is 5.88 Å². The lowest BCUT2D eigenvalue weighted by molar-refractivity contribution is -0.141. The lowest BCUT2D eigenvalue weighted by Gasteiger charge is -2.17. The molecule has 0 unspecified atom stereocenters. The molecule has 1 aromatic heterocycles. The van der Waals surface area contributed by atoms with Crippen LogP contribution in [0.4, 0.5) is 18.0 Å². The Morgan fingerprint density at radius 3 is 2.55 bits per heavy atom. The minimum atomic E-state index is -4.78. The first-order chi connectivity index (χ1) is 10.2. The molecular formula is C12H14F3N3O4. The third-order valence-corrected chi connectivity index (χ3v) is 2.57. The summed E-state index contributed by atoms with van der Waals surface area (Å²) < 4.78 is 42.5. The maximum absolute atomic E-state index is 12.6. The molecule has 0 radical (unpaired) electrons. The monoisotopic (exact) mass is 321 g/mol. The standard InChI is InChI=1S/C12H14F3N3O4/c1-16-5-6-18(2)11(21)22-9-7(10(19)20)3-4-8(17-9)12(13,14)15/h3-4,16H,5-6H2,1-2H3,(H,19,20). The SMILES string of the molecule is CNCCN(C)C(=O)Oc1nc(C(F)(F)F)ccc1C(=O)O. The summed E-state index contributed by atoms with van der Waals surface area (Å²) in [7, 11) is 3.00. The number of halogens is 3. The molecule has 0 aliphatic heterocycles. The highest BCUT2D eigenvalue weighted by Gasteiger charge is 2.34. The first-order valence-corrected chi connectivity index (χ1v) is 6.06. The third kappa shape index (κ3) is 4.58. The summed E-state index contributed by atoms with van der Waals surface area (Å²) in [4.78, 5) is 26.8. The van der Waals surface area contributed by atoms with Gasteiger partial charge in [-0.3, -0.25) is 0 Å². The van der Waals surface area contributed by atoms with E-state index < -0.39 is 35.4 Å². The van der Waals surface area contributed by atoms with E-state index in [1.54, 1.807) is 7.05 Å². The summed E-state index contributed by atoms with van der Waals surface area (Å²) in [6.07, 6.45) is -5.79. The van der Waals surface area contributed by atoms with Gasteiger partial charge in [0.25, 0.3) is 0 Å². The van der Waals surface area contributed by atoms with Crippen molar-refractivity contribution < 1.29 is 32.6 Å². The Bertz CT molecular complexity index is 563. The van der Waals surface area contributed by atoms with Crippen molar-refractivity contribution in [3.05, 3.63) is 23.4 Å². The van der Waals surface area contributed by atoms with E-state index in [1.165, 1.54) is 7.05 Å². The van der Waals surface area contributed by atoms with Crippen molar-refractivity contribution in [3.63, 3.8) is 0 Å². The maximum atomic E-state index is 12.6. The topological polar surface area (TPSA) is 91.8 Å². The third-order valence-electron chi connectivity index (χ3n) is 2.57. The van der Waals surface area contributed by atoms with E-state index in [-0.39, 0.29) is 6.54 Å². The number of aromatic nitrogens is 1. The molecule has 22 heavy (non-hydrogen) atoms. The zero-order valence-electron chi connectivity index (χ0n) is 11.8. The van der Waals surface area contributed by atoms with E-state index >= 15 is 0 Å². The number of nitrogens with zero attached hydrogens (tertiary/aromatic N) is 2. The number of amides is 1. The first kappa shape index (κ1) is 17.7. The molecule has 1 aromatic rings. The van der Waals surface area contributed by atoms with Crippen LogP contribution in [-0.4, -0.2) is 54.2 Å². The maximum Gasteiger partial charge on any atom is 0.433 e. The molecule has 0 saturated carbocycles. The lowest BCUT2D eigenvalue weighted by Crippen LogP contribution is -2.35. The molecule has 0 fully saturated rings. The van der Waals surface area contributed by atoms with Crippen LogP contribution in [0.25, 0.3) is 0 Å². The van der Waals surface area contributed by atoms with E-state index in [1.807, 2.05) is 0 Å². The summed E-state index contributed by atoms with van der Waals surface area (Å²) in [5.74, 6) is -2.45. The average Bonchev–Trinajstić information content (AvgIpc) is 2.43. The largest absolute Gasteiger partial charge is 0.477 e.